The van der Waals surface area contributed by atoms with Crippen LogP contribution >= 0.6 is 0 Å². The van der Waals surface area contributed by atoms with Crippen molar-refractivity contribution >= 4 is 11.9 Å². The first kappa shape index (κ1) is 15.2. The lowest BCUT2D eigenvalue weighted by Gasteiger charge is -2.26. The van der Waals surface area contributed by atoms with Crippen LogP contribution in [-0.2, 0) is 16.1 Å². The van der Waals surface area contributed by atoms with Gasteiger partial charge in [0.1, 0.15) is 0 Å². The molecule has 1 amide bonds. The van der Waals surface area contributed by atoms with Crippen molar-refractivity contribution in [2.24, 2.45) is 0 Å². The van der Waals surface area contributed by atoms with Crippen LogP contribution in [-0.4, -0.2) is 54.8 Å². The van der Waals surface area contributed by atoms with Gasteiger partial charge in [-0.05, 0) is 19.3 Å². The van der Waals surface area contributed by atoms with E-state index < -0.39 is 0 Å². The van der Waals surface area contributed by atoms with E-state index in [0.717, 1.165) is 63.6 Å². The molecule has 2 fully saturated rings. The molecule has 7 heteroatoms. The quantitative estimate of drug-likeness (QED) is 0.820. The Bertz CT molecular complexity index is 487. The predicted molar refractivity (Wildman–Crippen MR) is 82.6 cm³/mol. The summed E-state index contributed by atoms with van der Waals surface area (Å²) in [6.45, 7) is 4.52. The molecule has 0 unspecified atom stereocenters. The Balaban J connectivity index is 1.53. The van der Waals surface area contributed by atoms with Gasteiger partial charge in [0, 0.05) is 44.1 Å². The standard InChI is InChI=1S/C15H23N5O2/c21-14-13(3-1-2-4-16-14)17-9-12-10-18-15(19-11-12)20-5-7-22-8-6-20/h10-11,13,17H,1-9H2,(H,16,21)/t13-/m0/s1. The molecule has 3 rings (SSSR count). The predicted octanol–water partition coefficient (Wildman–Crippen LogP) is 0.0715. The summed E-state index contributed by atoms with van der Waals surface area (Å²) in [7, 11) is 0. The number of anilines is 1. The Kier molecular flexibility index (Phi) is 5.18. The number of morpholine rings is 1. The number of carbonyl (C=O) groups excluding carboxylic acids is 1. The highest BCUT2D eigenvalue weighted by Crippen LogP contribution is 2.10. The maximum atomic E-state index is 11.9. The highest BCUT2D eigenvalue weighted by molar-refractivity contribution is 5.81. The van der Waals surface area contributed by atoms with Gasteiger partial charge in [0.15, 0.2) is 0 Å². The van der Waals surface area contributed by atoms with Gasteiger partial charge in [0.05, 0.1) is 19.3 Å². The van der Waals surface area contributed by atoms with Crippen LogP contribution in [0.3, 0.4) is 0 Å². The van der Waals surface area contributed by atoms with Gasteiger partial charge in [0.2, 0.25) is 11.9 Å². The van der Waals surface area contributed by atoms with Crippen LogP contribution in [0.15, 0.2) is 12.4 Å². The fourth-order valence-electron chi connectivity index (χ4n) is 2.74. The molecule has 0 saturated carbocycles. The van der Waals surface area contributed by atoms with Crippen molar-refractivity contribution in [3.8, 4) is 0 Å². The molecule has 1 aromatic heterocycles. The van der Waals surface area contributed by atoms with Crippen LogP contribution in [0.25, 0.3) is 0 Å². The zero-order valence-corrected chi connectivity index (χ0v) is 12.8. The van der Waals surface area contributed by atoms with E-state index >= 15 is 0 Å². The zero-order valence-electron chi connectivity index (χ0n) is 12.8. The maximum absolute atomic E-state index is 11.9. The summed E-state index contributed by atoms with van der Waals surface area (Å²) in [6, 6.07) is -0.110. The molecule has 0 aromatic carbocycles. The molecule has 120 valence electrons. The lowest BCUT2D eigenvalue weighted by atomic mass is 10.1. The Morgan fingerprint density at radius 3 is 2.82 bits per heavy atom. The molecule has 1 aromatic rings. The minimum absolute atomic E-state index is 0.100. The summed E-state index contributed by atoms with van der Waals surface area (Å²) in [5, 5.41) is 6.23. The largest absolute Gasteiger partial charge is 0.378 e. The van der Waals surface area contributed by atoms with Gasteiger partial charge in [0.25, 0.3) is 0 Å². The third-order valence-electron chi connectivity index (χ3n) is 4.07. The van der Waals surface area contributed by atoms with Gasteiger partial charge >= 0.3 is 0 Å². The molecule has 2 aliphatic rings. The summed E-state index contributed by atoms with van der Waals surface area (Å²) >= 11 is 0. The van der Waals surface area contributed by atoms with Gasteiger partial charge in [-0.15, -0.1) is 0 Å². The third kappa shape index (κ3) is 3.92. The van der Waals surface area contributed by atoms with Crippen molar-refractivity contribution in [2.45, 2.75) is 31.8 Å². The van der Waals surface area contributed by atoms with Crippen molar-refractivity contribution in [2.75, 3.05) is 37.7 Å². The Labute approximate surface area is 130 Å². The lowest BCUT2D eigenvalue weighted by molar-refractivity contribution is -0.122. The van der Waals surface area contributed by atoms with Crippen molar-refractivity contribution < 1.29 is 9.53 Å². The molecule has 0 bridgehead atoms. The minimum Gasteiger partial charge on any atom is -0.378 e. The molecule has 2 saturated heterocycles. The van der Waals surface area contributed by atoms with Crippen molar-refractivity contribution in [3.05, 3.63) is 18.0 Å². The number of amides is 1. The summed E-state index contributed by atoms with van der Waals surface area (Å²) in [4.78, 5) is 22.8. The summed E-state index contributed by atoms with van der Waals surface area (Å²) < 4.78 is 5.33. The van der Waals surface area contributed by atoms with Crippen molar-refractivity contribution in [3.63, 3.8) is 0 Å². The summed E-state index contributed by atoms with van der Waals surface area (Å²) in [5.41, 5.74) is 0.994. The number of hydrogen-bond donors (Lipinski definition) is 2. The zero-order chi connectivity index (χ0) is 15.2. The van der Waals surface area contributed by atoms with E-state index in [-0.39, 0.29) is 11.9 Å². The van der Waals surface area contributed by atoms with E-state index in [0.29, 0.717) is 6.54 Å². The number of rotatable bonds is 4. The van der Waals surface area contributed by atoms with E-state index in [1.807, 2.05) is 12.4 Å². The average Bonchev–Trinajstić information content (AvgIpc) is 2.78. The molecular formula is C15H23N5O2. The second-order valence-corrected chi connectivity index (χ2v) is 5.71. The van der Waals surface area contributed by atoms with Crippen LogP contribution in [0.5, 0.6) is 0 Å². The molecule has 0 radical (unpaired) electrons. The van der Waals surface area contributed by atoms with Crippen LogP contribution < -0.4 is 15.5 Å². The maximum Gasteiger partial charge on any atom is 0.237 e. The van der Waals surface area contributed by atoms with Gasteiger partial charge < -0.3 is 20.3 Å². The topological polar surface area (TPSA) is 79.4 Å². The molecule has 3 heterocycles. The second-order valence-electron chi connectivity index (χ2n) is 5.71. The van der Waals surface area contributed by atoms with Gasteiger partial charge in [-0.1, -0.05) is 0 Å². The first-order chi connectivity index (χ1) is 10.8. The van der Waals surface area contributed by atoms with Crippen LogP contribution in [0.2, 0.25) is 0 Å². The third-order valence-corrected chi connectivity index (χ3v) is 4.07. The Morgan fingerprint density at radius 2 is 2.05 bits per heavy atom. The van der Waals surface area contributed by atoms with Gasteiger partial charge in [-0.2, -0.15) is 0 Å². The van der Waals surface area contributed by atoms with E-state index in [9.17, 15) is 4.79 Å². The normalized spacial score (nSPS) is 23.0. The average molecular weight is 305 g/mol. The first-order valence-corrected chi connectivity index (χ1v) is 7.97. The van der Waals surface area contributed by atoms with E-state index in [4.69, 9.17) is 4.74 Å². The Morgan fingerprint density at radius 1 is 1.27 bits per heavy atom. The molecule has 0 aliphatic carbocycles. The van der Waals surface area contributed by atoms with Gasteiger partial charge in [-0.3, -0.25) is 4.79 Å². The van der Waals surface area contributed by atoms with Crippen molar-refractivity contribution in [1.29, 1.82) is 0 Å². The number of nitrogens with one attached hydrogen (secondary N) is 2. The highest BCUT2D eigenvalue weighted by Gasteiger charge is 2.20. The summed E-state index contributed by atoms with van der Waals surface area (Å²) in [6.07, 6.45) is 6.68. The van der Waals surface area contributed by atoms with Crippen LogP contribution in [0.4, 0.5) is 5.95 Å². The molecule has 22 heavy (non-hydrogen) atoms. The smallest absolute Gasteiger partial charge is 0.237 e. The van der Waals surface area contributed by atoms with Crippen molar-refractivity contribution in [1.82, 2.24) is 20.6 Å². The van der Waals surface area contributed by atoms with Crippen LogP contribution in [0.1, 0.15) is 24.8 Å². The molecule has 7 nitrogen and oxygen atoms in total. The molecule has 2 N–H and O–H groups in total. The summed E-state index contributed by atoms with van der Waals surface area (Å²) in [5.74, 6) is 0.850. The molecule has 1 atom stereocenters. The fourth-order valence-corrected chi connectivity index (χ4v) is 2.74. The number of carbonyl (C=O) groups is 1. The van der Waals surface area contributed by atoms with E-state index in [1.54, 1.807) is 0 Å². The highest BCUT2D eigenvalue weighted by atomic mass is 16.5. The number of nitrogens with zero attached hydrogens (tertiary/aromatic N) is 3. The monoisotopic (exact) mass is 305 g/mol. The fraction of sp³-hybridized carbons (Fsp3) is 0.667. The molecular weight excluding hydrogens is 282 g/mol. The van der Waals surface area contributed by atoms with E-state index in [2.05, 4.69) is 25.5 Å². The van der Waals surface area contributed by atoms with Gasteiger partial charge in [-0.25, -0.2) is 9.97 Å². The molecule has 0 spiro atoms. The number of ether oxygens (including phenoxy) is 1. The minimum atomic E-state index is -0.110. The van der Waals surface area contributed by atoms with Crippen LogP contribution in [0, 0.1) is 0 Å². The number of hydrogen-bond acceptors (Lipinski definition) is 6. The Hall–Kier alpha value is -1.73. The lowest BCUT2D eigenvalue weighted by Crippen LogP contribution is -2.42. The first-order valence-electron chi connectivity index (χ1n) is 7.97. The molecule has 2 aliphatic heterocycles. The van der Waals surface area contributed by atoms with E-state index in [1.165, 1.54) is 0 Å². The number of aromatic nitrogens is 2. The SMILES string of the molecule is O=C1NCCCC[C@@H]1NCc1cnc(N2CCOCC2)nc1. The second kappa shape index (κ2) is 7.51.